The molecule has 0 fully saturated rings. The molecule has 0 saturated heterocycles. The Labute approximate surface area is 113 Å². The van der Waals surface area contributed by atoms with Crippen molar-refractivity contribution in [2.24, 2.45) is 5.41 Å². The molecule has 0 nitrogen and oxygen atoms in total. The molecule has 16 heavy (non-hydrogen) atoms. The van der Waals surface area contributed by atoms with Gasteiger partial charge in [-0.15, -0.1) is 11.6 Å². The molecule has 0 N–H and O–H groups in total. The van der Waals surface area contributed by atoms with Crippen LogP contribution in [0.4, 0.5) is 0 Å². The van der Waals surface area contributed by atoms with Crippen LogP contribution in [0, 0.1) is 19.3 Å². The van der Waals surface area contributed by atoms with E-state index in [2.05, 4.69) is 62.7 Å². The second-order valence-corrected chi connectivity index (χ2v) is 7.07. The maximum atomic E-state index is 6.51. The van der Waals surface area contributed by atoms with Gasteiger partial charge in [-0.25, -0.2) is 0 Å². The smallest absolute Gasteiger partial charge is 0.0592 e. The summed E-state index contributed by atoms with van der Waals surface area (Å²) in [6.45, 7) is 10.9. The minimum atomic E-state index is 0.104. The van der Waals surface area contributed by atoms with Crippen LogP contribution in [0.5, 0.6) is 0 Å². The van der Waals surface area contributed by atoms with Gasteiger partial charge < -0.3 is 0 Å². The lowest BCUT2D eigenvalue weighted by Gasteiger charge is -2.23. The number of benzene rings is 1. The lowest BCUT2D eigenvalue weighted by molar-refractivity contribution is 0.372. The van der Waals surface area contributed by atoms with Crippen LogP contribution in [0.2, 0.25) is 0 Å². The highest BCUT2D eigenvalue weighted by atomic mass is 79.9. The number of rotatable bonds is 2. The number of alkyl halides is 1. The summed E-state index contributed by atoms with van der Waals surface area (Å²) in [6.07, 6.45) is 0.996. The van der Waals surface area contributed by atoms with Gasteiger partial charge in [0, 0.05) is 4.47 Å². The first-order valence-electron chi connectivity index (χ1n) is 5.61. The van der Waals surface area contributed by atoms with Gasteiger partial charge in [-0.05, 0) is 48.4 Å². The third-order valence-electron chi connectivity index (χ3n) is 2.68. The molecule has 0 spiro atoms. The average Bonchev–Trinajstić information content (AvgIpc) is 2.08. The fourth-order valence-corrected chi connectivity index (χ4v) is 2.94. The minimum absolute atomic E-state index is 0.104. The highest BCUT2D eigenvalue weighted by Crippen LogP contribution is 2.37. The quantitative estimate of drug-likeness (QED) is 0.607. The van der Waals surface area contributed by atoms with E-state index in [1.807, 2.05) is 0 Å². The van der Waals surface area contributed by atoms with E-state index in [4.69, 9.17) is 11.6 Å². The lowest BCUT2D eigenvalue weighted by atomic mass is 9.87. The topological polar surface area (TPSA) is 0 Å². The largest absolute Gasteiger partial charge is 0.118 e. The second-order valence-electron chi connectivity index (χ2n) is 5.69. The van der Waals surface area contributed by atoms with Crippen LogP contribution in [0.15, 0.2) is 16.6 Å². The first-order valence-corrected chi connectivity index (χ1v) is 6.84. The molecule has 0 radical (unpaired) electrons. The lowest BCUT2D eigenvalue weighted by Crippen LogP contribution is -2.09. The molecule has 90 valence electrons. The summed E-state index contributed by atoms with van der Waals surface area (Å²) in [4.78, 5) is 0. The van der Waals surface area contributed by atoms with Crippen LogP contribution < -0.4 is 0 Å². The van der Waals surface area contributed by atoms with Crippen LogP contribution in [0.1, 0.15) is 49.3 Å². The Hall–Kier alpha value is -0.0100. The Bertz CT molecular complexity index is 377. The first-order chi connectivity index (χ1) is 7.20. The van der Waals surface area contributed by atoms with Gasteiger partial charge in [0.15, 0.2) is 0 Å². The van der Waals surface area contributed by atoms with Crippen LogP contribution in [-0.2, 0) is 0 Å². The fourth-order valence-electron chi connectivity index (χ4n) is 1.79. The van der Waals surface area contributed by atoms with Crippen molar-refractivity contribution in [3.63, 3.8) is 0 Å². The molecule has 0 aliphatic carbocycles. The van der Waals surface area contributed by atoms with E-state index in [0.717, 1.165) is 10.9 Å². The number of aryl methyl sites for hydroxylation is 2. The highest BCUT2D eigenvalue weighted by Gasteiger charge is 2.20. The summed E-state index contributed by atoms with van der Waals surface area (Å²) in [7, 11) is 0. The van der Waals surface area contributed by atoms with Crippen molar-refractivity contribution >= 4 is 27.5 Å². The van der Waals surface area contributed by atoms with E-state index in [1.165, 1.54) is 16.7 Å². The van der Waals surface area contributed by atoms with Gasteiger partial charge in [-0.3, -0.25) is 0 Å². The average molecular weight is 304 g/mol. The summed E-state index contributed by atoms with van der Waals surface area (Å²) in [6, 6.07) is 4.35. The third kappa shape index (κ3) is 3.78. The molecular weight excluding hydrogens is 284 g/mol. The molecule has 1 unspecified atom stereocenters. The van der Waals surface area contributed by atoms with Crippen molar-refractivity contribution in [1.29, 1.82) is 0 Å². The molecule has 2 heteroatoms. The van der Waals surface area contributed by atoms with Crippen molar-refractivity contribution in [3.8, 4) is 0 Å². The summed E-state index contributed by atoms with van der Waals surface area (Å²) in [5.74, 6) is 0. The van der Waals surface area contributed by atoms with Gasteiger partial charge in [0.1, 0.15) is 0 Å². The van der Waals surface area contributed by atoms with Gasteiger partial charge in [0.05, 0.1) is 5.38 Å². The molecule has 1 aromatic rings. The van der Waals surface area contributed by atoms with Crippen molar-refractivity contribution in [2.45, 2.75) is 46.4 Å². The molecule has 0 heterocycles. The normalized spacial score (nSPS) is 13.9. The van der Waals surface area contributed by atoms with E-state index < -0.39 is 0 Å². The van der Waals surface area contributed by atoms with Crippen molar-refractivity contribution in [2.75, 3.05) is 0 Å². The number of hydrogen-bond acceptors (Lipinski definition) is 0. The Kier molecular flexibility index (Phi) is 4.48. The third-order valence-corrected chi connectivity index (χ3v) is 3.92. The molecule has 0 aliphatic rings. The van der Waals surface area contributed by atoms with Crippen LogP contribution >= 0.6 is 27.5 Å². The molecule has 0 amide bonds. The van der Waals surface area contributed by atoms with Gasteiger partial charge in [0.2, 0.25) is 0 Å². The van der Waals surface area contributed by atoms with Crippen molar-refractivity contribution in [1.82, 2.24) is 0 Å². The zero-order valence-corrected chi connectivity index (χ0v) is 13.0. The maximum Gasteiger partial charge on any atom is 0.0592 e. The molecule has 0 aromatic heterocycles. The van der Waals surface area contributed by atoms with Crippen LogP contribution in [0.25, 0.3) is 0 Å². The van der Waals surface area contributed by atoms with Crippen LogP contribution in [0.3, 0.4) is 0 Å². The summed E-state index contributed by atoms with van der Waals surface area (Å²) in [5.41, 5.74) is 4.04. The monoisotopic (exact) mass is 302 g/mol. The molecule has 0 saturated carbocycles. The summed E-state index contributed by atoms with van der Waals surface area (Å²) < 4.78 is 1.16. The second kappa shape index (κ2) is 5.10. The first kappa shape index (κ1) is 14.1. The Morgan fingerprint density at radius 3 is 2.25 bits per heavy atom. The molecule has 1 atom stereocenters. The standard InChI is InChI=1S/C14H20BrCl/c1-9-7-12(15)10(2)6-11(9)13(16)8-14(3,4)5/h6-7,13H,8H2,1-5H3. The maximum absolute atomic E-state index is 6.51. The number of halogens is 2. The number of hydrogen-bond donors (Lipinski definition) is 0. The molecule has 0 bridgehead atoms. The van der Waals surface area contributed by atoms with Crippen LogP contribution in [-0.4, -0.2) is 0 Å². The zero-order valence-electron chi connectivity index (χ0n) is 10.7. The van der Waals surface area contributed by atoms with Crippen molar-refractivity contribution < 1.29 is 0 Å². The van der Waals surface area contributed by atoms with Gasteiger partial charge >= 0.3 is 0 Å². The SMILES string of the molecule is Cc1cc(C(Cl)CC(C)(C)C)c(C)cc1Br. The predicted molar refractivity (Wildman–Crippen MR) is 76.3 cm³/mol. The van der Waals surface area contributed by atoms with Gasteiger partial charge in [-0.1, -0.05) is 42.8 Å². The highest BCUT2D eigenvalue weighted by molar-refractivity contribution is 9.10. The zero-order chi connectivity index (χ0) is 12.5. The predicted octanol–water partition coefficient (Wildman–Crippen LogP) is 5.78. The Balaban J connectivity index is 3.00. The fraction of sp³-hybridized carbons (Fsp3) is 0.571. The molecule has 1 rings (SSSR count). The van der Waals surface area contributed by atoms with E-state index in [1.54, 1.807) is 0 Å². The van der Waals surface area contributed by atoms with Crippen molar-refractivity contribution in [3.05, 3.63) is 33.3 Å². The van der Waals surface area contributed by atoms with E-state index >= 15 is 0 Å². The Morgan fingerprint density at radius 2 is 1.75 bits per heavy atom. The summed E-state index contributed by atoms with van der Waals surface area (Å²) >= 11 is 10.1. The molecule has 0 aliphatic heterocycles. The minimum Gasteiger partial charge on any atom is -0.118 e. The van der Waals surface area contributed by atoms with Gasteiger partial charge in [-0.2, -0.15) is 0 Å². The van der Waals surface area contributed by atoms with E-state index in [-0.39, 0.29) is 10.8 Å². The molecular formula is C14H20BrCl. The van der Waals surface area contributed by atoms with Gasteiger partial charge in [0.25, 0.3) is 0 Å². The summed E-state index contributed by atoms with van der Waals surface area (Å²) in [5, 5.41) is 0.104. The van der Waals surface area contributed by atoms with E-state index in [0.29, 0.717) is 0 Å². The van der Waals surface area contributed by atoms with E-state index in [9.17, 15) is 0 Å². The Morgan fingerprint density at radius 1 is 1.19 bits per heavy atom. The molecule has 1 aromatic carbocycles.